The molecule has 0 aliphatic carbocycles. The Morgan fingerprint density at radius 1 is 0.327 bits per heavy atom. The molecule has 0 bridgehead atoms. The van der Waals surface area contributed by atoms with Gasteiger partial charge >= 0.3 is 11.9 Å². The smallest absolute Gasteiger partial charge is 0.338 e. The van der Waals surface area contributed by atoms with Gasteiger partial charge in [-0.05, 0) is 169 Å². The summed E-state index contributed by atoms with van der Waals surface area (Å²) in [6.45, 7) is 8.18. The molecule has 518 valence electrons. The average Bonchev–Trinajstić information content (AvgIpc) is 0.816. The van der Waals surface area contributed by atoms with Gasteiger partial charge in [0.1, 0.15) is 13.2 Å². The van der Waals surface area contributed by atoms with Gasteiger partial charge in [-0.1, -0.05) is 267 Å². The predicted molar refractivity (Wildman–Crippen MR) is 444 cm³/mol. The van der Waals surface area contributed by atoms with Crippen LogP contribution in [-0.2, 0) is 22.7 Å². The van der Waals surface area contributed by atoms with Crippen LogP contribution in [-0.4, -0.2) is 38.2 Å². The average molecular weight is 1410 g/mol. The number of ether oxygens (including phenoxy) is 2. The minimum Gasteiger partial charge on any atom is -0.457 e. The fraction of sp³-hybridized carbons (Fsp3) is 0.0204. The molecule has 11 nitrogen and oxygen atoms in total. The van der Waals surface area contributed by atoms with Gasteiger partial charge in [-0.2, -0.15) is 0 Å². The Kier molecular flexibility index (Phi) is 16.9. The molecule has 2 aliphatic rings. The summed E-state index contributed by atoms with van der Waals surface area (Å²) in [7, 11) is 0. The van der Waals surface area contributed by atoms with Crippen LogP contribution in [0.2, 0.25) is 0 Å². The van der Waals surface area contributed by atoms with E-state index in [1.807, 2.05) is 182 Å². The van der Waals surface area contributed by atoms with Crippen LogP contribution in [0.3, 0.4) is 0 Å². The highest BCUT2D eigenvalue weighted by Crippen LogP contribution is 2.49. The molecule has 2 aromatic heterocycles. The van der Waals surface area contributed by atoms with Crippen molar-refractivity contribution in [2.24, 2.45) is 0 Å². The van der Waals surface area contributed by atoms with Gasteiger partial charge in [-0.3, -0.25) is 0 Å². The lowest BCUT2D eigenvalue weighted by Gasteiger charge is -2.44. The number of hydrogen-bond acceptors (Lipinski definition) is 9. The third kappa shape index (κ3) is 12.3. The van der Waals surface area contributed by atoms with E-state index < -0.39 is 18.7 Å². The molecule has 0 amide bonds. The second kappa shape index (κ2) is 28.2. The van der Waals surface area contributed by atoms with Gasteiger partial charge in [0, 0.05) is 61.6 Å². The van der Waals surface area contributed by atoms with Gasteiger partial charge < -0.3 is 23.8 Å². The van der Waals surface area contributed by atoms with E-state index in [2.05, 4.69) is 201 Å². The lowest BCUT2D eigenvalue weighted by atomic mass is 9.33. The summed E-state index contributed by atoms with van der Waals surface area (Å²) in [5.41, 5.74) is 24.1. The highest BCUT2D eigenvalue weighted by molar-refractivity contribution is 7.00. The number of fused-ring (bicyclic) bond motifs is 7. The van der Waals surface area contributed by atoms with Crippen LogP contribution in [0.1, 0.15) is 31.8 Å². The first kappa shape index (κ1) is 65.9. The molecule has 0 fully saturated rings. The van der Waals surface area contributed by atoms with Gasteiger partial charge in [0.05, 0.1) is 34.4 Å². The lowest BCUT2D eigenvalue weighted by Crippen LogP contribution is -2.61. The van der Waals surface area contributed by atoms with E-state index in [0.717, 1.165) is 145 Å². The van der Waals surface area contributed by atoms with Crippen LogP contribution >= 0.6 is 0 Å². The quantitative estimate of drug-likeness (QED) is 0.0531. The zero-order valence-corrected chi connectivity index (χ0v) is 59.4. The fourth-order valence-corrected chi connectivity index (χ4v) is 15.6. The number of nitrogens with zero attached hydrogens (tertiary/aromatic N) is 7. The molecule has 0 radical (unpaired) electrons. The van der Waals surface area contributed by atoms with Crippen molar-refractivity contribution in [1.29, 1.82) is 0 Å². The number of hydrogen-bond donors (Lipinski definition) is 0. The normalized spacial score (nSPS) is 11.9. The summed E-state index contributed by atoms with van der Waals surface area (Å²) in [6, 6.07) is 124. The number of carbonyl (C=O) groups is 2. The maximum Gasteiger partial charge on any atom is 0.338 e. The SMILES string of the molecule is [C-]#[N+]c1ccc(-n2c3ccc(-c4ccccc4)cc3c3cc(-c4cc5c6c(c4)N(c4ccc(-c7ccccc7)cc4)c4cc(C(=O)OCc7ccccc7)ccc4B6c4ccc(C(=O)OCc6ccccc6)cc4N5c4ccc(-c5ccccc5)cc4)ccc32)c(-c2nc(-c3ccccc3)nc(-c3ccccc3)n2)c1. The molecule has 17 aromatic rings. The van der Waals surface area contributed by atoms with Gasteiger partial charge in [0.2, 0.25) is 0 Å². The lowest BCUT2D eigenvalue weighted by molar-refractivity contribution is 0.0464. The Balaban J connectivity index is 0.859. The van der Waals surface area contributed by atoms with Crippen LogP contribution in [0.15, 0.2) is 364 Å². The molecule has 0 unspecified atom stereocenters. The van der Waals surface area contributed by atoms with Crippen LogP contribution in [0.4, 0.5) is 39.8 Å². The summed E-state index contributed by atoms with van der Waals surface area (Å²) >= 11 is 0. The van der Waals surface area contributed by atoms with Crippen LogP contribution < -0.4 is 26.2 Å². The van der Waals surface area contributed by atoms with Crippen molar-refractivity contribution in [3.05, 3.63) is 398 Å². The zero-order valence-electron chi connectivity index (χ0n) is 59.4. The first-order valence-electron chi connectivity index (χ1n) is 36.6. The monoisotopic (exact) mass is 1410 g/mol. The Morgan fingerprint density at radius 3 is 1.13 bits per heavy atom. The van der Waals surface area contributed by atoms with E-state index in [-0.39, 0.29) is 13.2 Å². The summed E-state index contributed by atoms with van der Waals surface area (Å²) < 4.78 is 14.6. The van der Waals surface area contributed by atoms with E-state index in [0.29, 0.717) is 39.9 Å². The number of anilines is 6. The number of rotatable bonds is 16. The van der Waals surface area contributed by atoms with Crippen molar-refractivity contribution in [2.45, 2.75) is 13.2 Å². The topological polar surface area (TPSA) is 107 Å². The summed E-state index contributed by atoms with van der Waals surface area (Å²) in [6.07, 6.45) is 0. The van der Waals surface area contributed by atoms with Crippen LogP contribution in [0.25, 0.3) is 111 Å². The number of esters is 2. The Hall–Kier alpha value is -14.8. The van der Waals surface area contributed by atoms with Crippen molar-refractivity contribution >= 4 is 96.7 Å². The van der Waals surface area contributed by atoms with Crippen LogP contribution in [0, 0.1) is 6.57 Å². The molecule has 0 saturated heterocycles. The number of aromatic nitrogens is 4. The molecule has 19 rings (SSSR count). The fourth-order valence-electron chi connectivity index (χ4n) is 15.6. The molecule has 0 saturated carbocycles. The minimum absolute atomic E-state index is 0.0991. The first-order chi connectivity index (χ1) is 54.3. The van der Waals surface area contributed by atoms with E-state index in [9.17, 15) is 9.59 Å². The predicted octanol–water partition coefficient (Wildman–Crippen LogP) is 22.0. The van der Waals surface area contributed by atoms with E-state index in [1.165, 1.54) is 0 Å². The van der Waals surface area contributed by atoms with Gasteiger partial charge in [0.15, 0.2) is 23.2 Å². The molecular weight excluding hydrogens is 1350 g/mol. The zero-order chi connectivity index (χ0) is 73.6. The molecule has 0 atom stereocenters. The van der Waals surface area contributed by atoms with E-state index in [4.69, 9.17) is 31.0 Å². The number of carbonyl (C=O) groups excluding carboxylic acids is 2. The largest absolute Gasteiger partial charge is 0.457 e. The Labute approximate surface area is 636 Å². The maximum atomic E-state index is 14.7. The van der Waals surface area contributed by atoms with Crippen molar-refractivity contribution in [2.75, 3.05) is 9.80 Å². The number of benzene rings is 15. The van der Waals surface area contributed by atoms with Crippen LogP contribution in [0.5, 0.6) is 0 Å². The molecule has 0 spiro atoms. The van der Waals surface area contributed by atoms with Gasteiger partial charge in [0.25, 0.3) is 6.71 Å². The second-order valence-corrected chi connectivity index (χ2v) is 27.5. The second-order valence-electron chi connectivity index (χ2n) is 27.5. The van der Waals surface area contributed by atoms with Crippen molar-refractivity contribution in [1.82, 2.24) is 19.5 Å². The standard InChI is InChI=1S/C98H64BN7O4/c1-100-78-45-54-88(83(61-78)96-102-94(71-33-19-7-20-34-71)101-95(103-96)72-35-21-8-22-36-72)106-86-52-43-73(68-31-17-6-18-32-68)55-81(86)82-56-74(44-53-87(82)106)77-59-91-93-92(60-77)105(80-48-39-70(40-49-80)67-29-15-5-16-30-67)90-58-76(98(108)110-63-65-25-11-3-12-26-65)42-51-85(90)99(93)84-50-41-75(97(107)109-62-64-23-9-2-10-24-64)57-89(84)104(91)79-46-37-69(38-47-79)66-27-13-4-14-28-66/h2-61H,62-63H2. The molecule has 2 aliphatic heterocycles. The van der Waals surface area contributed by atoms with Crippen molar-refractivity contribution in [3.63, 3.8) is 0 Å². The van der Waals surface area contributed by atoms with Gasteiger partial charge in [-0.25, -0.2) is 29.4 Å². The Morgan fingerprint density at radius 2 is 0.700 bits per heavy atom. The summed E-state index contributed by atoms with van der Waals surface area (Å²) in [5, 5.41) is 1.97. The first-order valence-corrected chi connectivity index (χ1v) is 36.6. The third-order valence-electron chi connectivity index (χ3n) is 20.9. The molecule has 12 heteroatoms. The molecule has 0 N–H and O–H groups in total. The minimum atomic E-state index is -0.455. The molecular formula is C98H64BN7O4. The molecule has 110 heavy (non-hydrogen) atoms. The summed E-state index contributed by atoms with van der Waals surface area (Å²) in [5.74, 6) is 0.516. The maximum absolute atomic E-state index is 14.7. The summed E-state index contributed by atoms with van der Waals surface area (Å²) in [4.78, 5) is 53.7. The molecule has 4 heterocycles. The highest BCUT2D eigenvalue weighted by Gasteiger charge is 2.44. The van der Waals surface area contributed by atoms with E-state index in [1.54, 1.807) is 0 Å². The van der Waals surface area contributed by atoms with Gasteiger partial charge in [-0.15, -0.1) is 0 Å². The highest BCUT2D eigenvalue weighted by atomic mass is 16.5. The van der Waals surface area contributed by atoms with E-state index >= 15 is 0 Å². The Bertz CT molecular complexity index is 6170. The third-order valence-corrected chi connectivity index (χ3v) is 20.9. The van der Waals surface area contributed by atoms with Crippen molar-refractivity contribution < 1.29 is 19.1 Å². The van der Waals surface area contributed by atoms with Crippen molar-refractivity contribution in [3.8, 4) is 84.4 Å². The molecule has 15 aromatic carbocycles.